The van der Waals surface area contributed by atoms with Gasteiger partial charge >= 0.3 is 49.3 Å². The number of aromatic carboxylic acids is 1. The SMILES string of the molecule is C1CNCCN1.COC(=O)c1ccc(NC(=O)CCc2cccc(Oc3ccnc(C4=NCCN4)c3)c2)cc1C(F)(F)F.O=C(CCc1cccc(Oc2ccnc(C3=NCCN3)c2)c1)Nc1ccc(C(=O)N2CCNCC2)c(C(F)(F)F)c1.O=C(CCc1cccc(Oc2ccnc(C3=NCCN3)c2)c1)Nc1ccc(C(=O)O)c(C(F)(F)F)c1.[Li+].[OH-]. The summed E-state index contributed by atoms with van der Waals surface area (Å²) in [5, 5.41) is 35.3. The number of aliphatic imine (C=N–C) groups is 3. The van der Waals surface area contributed by atoms with Gasteiger partial charge in [-0.05, 0) is 145 Å². The number of carboxylic acid groups (broad SMARTS) is 1. The topological polar surface area (TPSA) is 377 Å². The van der Waals surface area contributed by atoms with E-state index in [-0.39, 0.29) is 60.7 Å². The van der Waals surface area contributed by atoms with Crippen LogP contribution in [0.4, 0.5) is 56.6 Å². The second-order valence-electron chi connectivity index (χ2n) is 27.1. The first kappa shape index (κ1) is 93.1. The number of nitrogens with zero attached hydrogens (tertiary/aromatic N) is 7. The Morgan fingerprint density at radius 3 is 1.05 bits per heavy atom. The van der Waals surface area contributed by atoms with Gasteiger partial charge in [0, 0.05) is 145 Å². The third-order valence-electron chi connectivity index (χ3n) is 18.3. The second kappa shape index (κ2) is 44.5. The van der Waals surface area contributed by atoms with Crippen molar-refractivity contribution in [2.24, 2.45) is 15.0 Å². The van der Waals surface area contributed by atoms with Crippen LogP contribution in [0.2, 0.25) is 0 Å². The first-order valence-electron chi connectivity index (χ1n) is 38.0. The number of carbonyl (C=O) groups is 6. The van der Waals surface area contributed by atoms with E-state index in [2.05, 4.69) is 82.5 Å². The van der Waals surface area contributed by atoms with E-state index in [1.165, 1.54) is 17.0 Å². The molecule has 0 spiro atoms. The number of piperazine rings is 2. The van der Waals surface area contributed by atoms with Crippen LogP contribution in [0.3, 0.4) is 0 Å². The number of nitrogens with one attached hydrogen (secondary N) is 9. The van der Waals surface area contributed by atoms with E-state index in [4.69, 9.17) is 19.3 Å². The minimum absolute atomic E-state index is 0. The van der Waals surface area contributed by atoms with Crippen molar-refractivity contribution in [3.63, 3.8) is 0 Å². The molecule has 5 aliphatic heterocycles. The van der Waals surface area contributed by atoms with Gasteiger partial charge in [-0.1, -0.05) is 36.4 Å². The molecule has 0 atom stereocenters. The van der Waals surface area contributed by atoms with Crippen LogP contribution in [0.15, 0.2) is 197 Å². The number of halogens is 9. The number of esters is 1. The van der Waals surface area contributed by atoms with E-state index in [0.717, 1.165) is 106 Å². The smallest absolute Gasteiger partial charge is 0.870 e. The van der Waals surface area contributed by atoms with Crippen molar-refractivity contribution in [3.05, 3.63) is 250 Å². The molecule has 5 aliphatic rings. The summed E-state index contributed by atoms with van der Waals surface area (Å²) in [6.07, 6.45) is -8.48. The summed E-state index contributed by atoms with van der Waals surface area (Å²) in [6.45, 7) is 10.6. The molecule has 28 nitrogen and oxygen atoms in total. The maximum atomic E-state index is 13.8. The van der Waals surface area contributed by atoms with Gasteiger partial charge in [0.1, 0.15) is 69.1 Å². The normalized spacial score (nSPS) is 14.0. The van der Waals surface area contributed by atoms with Crippen molar-refractivity contribution in [3.8, 4) is 34.5 Å². The first-order chi connectivity index (χ1) is 57.7. The number of amides is 4. The molecule has 8 heterocycles. The van der Waals surface area contributed by atoms with Gasteiger partial charge in [0.2, 0.25) is 17.7 Å². The van der Waals surface area contributed by atoms with Crippen LogP contribution in [-0.4, -0.2) is 182 Å². The molecular formula is C84H84F9LiN16O12. The number of aromatic nitrogens is 3. The average Bonchev–Trinajstić information content (AvgIpc) is 1.25. The largest absolute Gasteiger partial charge is 1.00 e. The van der Waals surface area contributed by atoms with Crippen molar-refractivity contribution in [1.82, 2.24) is 51.8 Å². The van der Waals surface area contributed by atoms with Crippen molar-refractivity contribution < 1.29 is 117 Å². The Bertz CT molecular complexity index is 5230. The molecule has 11 N–H and O–H groups in total. The number of carboxylic acids is 1. The Balaban J connectivity index is 0.000000199. The summed E-state index contributed by atoms with van der Waals surface area (Å²) in [4.78, 5) is 100. The van der Waals surface area contributed by atoms with Crippen molar-refractivity contribution >= 4 is 70.1 Å². The third-order valence-corrected chi connectivity index (χ3v) is 18.3. The number of benzene rings is 6. The fourth-order valence-corrected chi connectivity index (χ4v) is 12.5. The third kappa shape index (κ3) is 27.9. The summed E-state index contributed by atoms with van der Waals surface area (Å²) < 4.78 is 143. The van der Waals surface area contributed by atoms with E-state index < -0.39 is 87.5 Å². The zero-order chi connectivity index (χ0) is 85.2. The number of hydrogen-bond acceptors (Lipinski definition) is 23. The Morgan fingerprint density at radius 1 is 0.410 bits per heavy atom. The van der Waals surface area contributed by atoms with Gasteiger partial charge < -0.3 is 82.3 Å². The molecule has 0 radical (unpaired) electrons. The van der Waals surface area contributed by atoms with Crippen molar-refractivity contribution in [2.75, 3.05) is 115 Å². The number of anilines is 3. The molecule has 2 saturated heterocycles. The number of alkyl halides is 9. The van der Waals surface area contributed by atoms with Gasteiger partial charge in [-0.2, -0.15) is 39.5 Å². The molecule has 14 rings (SSSR count). The van der Waals surface area contributed by atoms with Crippen LogP contribution in [0, 0.1) is 0 Å². The van der Waals surface area contributed by atoms with E-state index in [9.17, 15) is 68.3 Å². The standard InChI is InChI=1S/C29H29F3N6O3.C26H23F3N4O4.C25H21F3N4O4.C4H10N2.Li.H2O/c30-29(31,32)24-17-20(5-6-23(24)28(40)38-14-12-33-13-15-38)37-26(39)7-4-19-2-1-3-21(16-19)41-22-8-9-34-25(18-22)27-35-10-11-36-27;1-36-25(35)20-7-6-17(14-21(20)26(27,28)29)33-23(34)8-5-16-3-2-4-18(13-16)37-19-9-10-30-22(15-19)24-31-11-12-32-24;26-25(27,28)20-13-16(5-6-19(20)24(34)35)32-22(33)7-4-15-2-1-3-17(12-15)36-18-8-9-29-21(14-18)23-30-10-11-31-23;1-2-6-4-3-5-1;;/h1-3,5-6,8-9,16-18,33H,4,7,10-15H2,(H,35,36)(H,37,39);2-4,6-7,9-10,13-15H,5,8,11-12H2,1H3,(H,31,32)(H,33,34);1-3,5-6,8-9,12-14H,4,7,10-11H2,(H,30,31)(H,32,33)(H,34,35);5-6H,1-4H2;;1H2/q;;;;+1;/p-1. The molecule has 0 bridgehead atoms. The number of hydrogen-bond donors (Lipinski definition) is 10. The molecule has 9 aromatic rings. The number of rotatable bonds is 24. The van der Waals surface area contributed by atoms with E-state index >= 15 is 0 Å². The summed E-state index contributed by atoms with van der Waals surface area (Å²) in [6, 6.07) is 40.8. The predicted octanol–water partition coefficient (Wildman–Crippen LogP) is 8.98. The number of methoxy groups -OCH3 is 1. The molecule has 636 valence electrons. The van der Waals surface area contributed by atoms with Gasteiger partial charge in [-0.3, -0.25) is 49.1 Å². The summed E-state index contributed by atoms with van der Waals surface area (Å²) >= 11 is 0. The zero-order valence-electron chi connectivity index (χ0n) is 66.0. The van der Waals surface area contributed by atoms with E-state index in [1.807, 2.05) is 12.1 Å². The molecule has 6 aromatic carbocycles. The van der Waals surface area contributed by atoms with Crippen molar-refractivity contribution in [2.45, 2.75) is 57.1 Å². The predicted molar refractivity (Wildman–Crippen MR) is 430 cm³/mol. The Kier molecular flexibility index (Phi) is 33.9. The molecule has 122 heavy (non-hydrogen) atoms. The van der Waals surface area contributed by atoms with E-state index in [1.54, 1.807) is 116 Å². The van der Waals surface area contributed by atoms with Gasteiger partial charge in [-0.15, -0.1) is 0 Å². The number of carbonyl (C=O) groups excluding carboxylic acids is 5. The minimum Gasteiger partial charge on any atom is -0.870 e. The molecule has 2 fully saturated rings. The number of amidine groups is 3. The Morgan fingerprint density at radius 2 is 0.730 bits per heavy atom. The molecule has 0 aliphatic carbocycles. The fraction of sp³-hybridized carbons (Fsp3) is 0.286. The fourth-order valence-electron chi connectivity index (χ4n) is 12.5. The number of pyridine rings is 3. The molecule has 0 saturated carbocycles. The Hall–Kier alpha value is -12.8. The second-order valence-corrected chi connectivity index (χ2v) is 27.1. The van der Waals surface area contributed by atoms with Crippen LogP contribution in [-0.2, 0) is 56.9 Å². The van der Waals surface area contributed by atoms with Gasteiger partial charge in [0.05, 0.1) is 60.1 Å². The van der Waals surface area contributed by atoms with Gasteiger partial charge in [0.25, 0.3) is 5.91 Å². The summed E-state index contributed by atoms with van der Waals surface area (Å²) in [5.74, 6) is 0.620. The van der Waals surface area contributed by atoms with Gasteiger partial charge in [-0.25, -0.2) is 9.59 Å². The monoisotopic (exact) mass is 1690 g/mol. The van der Waals surface area contributed by atoms with E-state index in [0.29, 0.717) is 140 Å². The Labute approximate surface area is 705 Å². The minimum atomic E-state index is -4.87. The molecule has 4 amide bonds. The summed E-state index contributed by atoms with van der Waals surface area (Å²) in [5.41, 5.74) is -1.30. The van der Waals surface area contributed by atoms with Gasteiger partial charge in [0.15, 0.2) is 0 Å². The van der Waals surface area contributed by atoms with Crippen LogP contribution < -0.4 is 80.9 Å². The summed E-state index contributed by atoms with van der Waals surface area (Å²) in [7, 11) is 0.996. The number of ether oxygens (including phenoxy) is 4. The van der Waals surface area contributed by atoms with Crippen LogP contribution >= 0.6 is 0 Å². The maximum Gasteiger partial charge on any atom is 1.00 e. The van der Waals surface area contributed by atoms with Crippen LogP contribution in [0.1, 0.15) is 101 Å². The average molecular weight is 1690 g/mol. The first-order valence-corrected chi connectivity index (χ1v) is 38.0. The quantitative estimate of drug-likeness (QED) is 0.0153. The number of aryl methyl sites for hydroxylation is 3. The molecule has 38 heteroatoms. The van der Waals surface area contributed by atoms with Crippen LogP contribution in [0.5, 0.6) is 34.5 Å². The zero-order valence-corrected chi connectivity index (χ0v) is 66.0. The van der Waals surface area contributed by atoms with Crippen LogP contribution in [0.25, 0.3) is 0 Å². The maximum absolute atomic E-state index is 13.8. The molecular weight excluding hydrogens is 1600 g/mol. The molecule has 3 aromatic heterocycles. The van der Waals surface area contributed by atoms with Crippen molar-refractivity contribution in [1.29, 1.82) is 0 Å². The molecule has 0 unspecified atom stereocenters.